The fourth-order valence-electron chi connectivity index (χ4n) is 2.58. The van der Waals surface area contributed by atoms with Crippen molar-refractivity contribution in [3.63, 3.8) is 0 Å². The zero-order chi connectivity index (χ0) is 19.4. The number of thioether (sulfide) groups is 1. The second-order valence-corrected chi connectivity index (χ2v) is 7.16. The summed E-state index contributed by atoms with van der Waals surface area (Å²) in [6, 6.07) is 10.7. The quantitative estimate of drug-likeness (QED) is 0.707. The highest BCUT2D eigenvalue weighted by Crippen LogP contribution is 2.35. The fourth-order valence-corrected chi connectivity index (χ4v) is 3.72. The summed E-state index contributed by atoms with van der Waals surface area (Å²) in [7, 11) is 4.75. The number of halogens is 1. The topological polar surface area (TPSA) is 68.8 Å². The zero-order valence-electron chi connectivity index (χ0n) is 15.0. The van der Waals surface area contributed by atoms with Crippen molar-refractivity contribution < 1.29 is 19.0 Å². The summed E-state index contributed by atoms with van der Waals surface area (Å²) >= 11 is 7.42. The molecule has 0 aliphatic carbocycles. The average molecular weight is 407 g/mol. The summed E-state index contributed by atoms with van der Waals surface area (Å²) in [6.45, 7) is 0. The zero-order valence-corrected chi connectivity index (χ0v) is 16.6. The second kappa shape index (κ2) is 8.45. The molecule has 1 aliphatic rings. The van der Waals surface area contributed by atoms with Gasteiger partial charge in [-0.1, -0.05) is 23.4 Å². The predicted octanol–water partition coefficient (Wildman–Crippen LogP) is 3.97. The molecule has 0 bridgehead atoms. The van der Waals surface area contributed by atoms with Crippen LogP contribution in [0.3, 0.4) is 0 Å². The van der Waals surface area contributed by atoms with E-state index in [-0.39, 0.29) is 11.4 Å². The molecule has 0 spiro atoms. The maximum absolute atomic E-state index is 12.4. The molecular weight excluding hydrogens is 388 g/mol. The maximum atomic E-state index is 12.4. The Balaban J connectivity index is 1.80. The van der Waals surface area contributed by atoms with Crippen LogP contribution in [0.2, 0.25) is 5.02 Å². The molecule has 0 saturated carbocycles. The third-order valence-electron chi connectivity index (χ3n) is 3.91. The van der Waals surface area contributed by atoms with Crippen molar-refractivity contribution in [3.05, 3.63) is 51.9 Å². The number of carbonyl (C=O) groups excluding carboxylic acids is 1. The number of amides is 1. The summed E-state index contributed by atoms with van der Waals surface area (Å²) in [4.78, 5) is 12.9. The Morgan fingerprint density at radius 3 is 2.56 bits per heavy atom. The number of anilines is 1. The van der Waals surface area contributed by atoms with E-state index in [0.29, 0.717) is 32.9 Å². The molecule has 2 aromatic rings. The van der Waals surface area contributed by atoms with Crippen molar-refractivity contribution in [2.45, 2.75) is 5.50 Å². The Bertz CT molecular complexity index is 888. The molecule has 1 amide bonds. The lowest BCUT2D eigenvalue weighted by Crippen LogP contribution is -2.31. The Morgan fingerprint density at radius 1 is 1.07 bits per heavy atom. The van der Waals surface area contributed by atoms with Crippen molar-refractivity contribution >= 4 is 41.0 Å². The summed E-state index contributed by atoms with van der Waals surface area (Å²) < 4.78 is 15.9. The van der Waals surface area contributed by atoms with Gasteiger partial charge in [0.1, 0.15) is 17.2 Å². The Morgan fingerprint density at radius 2 is 1.85 bits per heavy atom. The van der Waals surface area contributed by atoms with Gasteiger partial charge in [0.25, 0.3) is 5.91 Å². The van der Waals surface area contributed by atoms with Crippen LogP contribution >= 0.6 is 23.4 Å². The van der Waals surface area contributed by atoms with Crippen LogP contribution in [0, 0.1) is 0 Å². The number of ether oxygens (including phenoxy) is 3. The van der Waals surface area contributed by atoms with E-state index >= 15 is 0 Å². The van der Waals surface area contributed by atoms with Gasteiger partial charge in [-0.25, -0.2) is 0 Å². The van der Waals surface area contributed by atoms with E-state index in [0.717, 1.165) is 5.56 Å². The number of carbonyl (C=O) groups is 1. The molecule has 27 heavy (non-hydrogen) atoms. The number of nitrogens with one attached hydrogen (secondary N) is 2. The highest BCUT2D eigenvalue weighted by atomic mass is 35.5. The van der Waals surface area contributed by atoms with Crippen LogP contribution in [0.25, 0.3) is 6.08 Å². The van der Waals surface area contributed by atoms with E-state index in [9.17, 15) is 4.79 Å². The van der Waals surface area contributed by atoms with Crippen molar-refractivity contribution in [2.75, 3.05) is 26.6 Å². The monoisotopic (exact) mass is 406 g/mol. The first-order valence-corrected chi connectivity index (χ1v) is 9.31. The Hall–Kier alpha value is -2.51. The molecule has 142 valence electrons. The minimum absolute atomic E-state index is 0.170. The first-order chi connectivity index (χ1) is 13.0. The van der Waals surface area contributed by atoms with Gasteiger partial charge in [0.15, 0.2) is 5.50 Å². The second-order valence-electron chi connectivity index (χ2n) is 5.58. The standard InChI is InChI=1S/C19H19ClN2O4S/c1-24-13-6-4-11(16(10-13)26-3)8-17-18(23)22-19(27-17)21-14-9-12(20)5-7-15(14)25-2/h4-10,19,21H,1-3H3,(H,22,23)/b17-8-. The lowest BCUT2D eigenvalue weighted by Gasteiger charge is -2.15. The predicted molar refractivity (Wildman–Crippen MR) is 109 cm³/mol. The van der Waals surface area contributed by atoms with Crippen molar-refractivity contribution in [2.24, 2.45) is 0 Å². The molecule has 1 aliphatic heterocycles. The van der Waals surface area contributed by atoms with Crippen LogP contribution < -0.4 is 24.8 Å². The number of hydrogen-bond donors (Lipinski definition) is 2. The van der Waals surface area contributed by atoms with E-state index in [1.54, 1.807) is 51.7 Å². The Labute approximate surface area is 166 Å². The molecule has 8 heteroatoms. The normalized spacial score (nSPS) is 17.6. The van der Waals surface area contributed by atoms with Crippen LogP contribution in [0.1, 0.15) is 5.56 Å². The molecular formula is C19H19ClN2O4S. The molecule has 1 unspecified atom stereocenters. The van der Waals surface area contributed by atoms with Gasteiger partial charge >= 0.3 is 0 Å². The minimum Gasteiger partial charge on any atom is -0.497 e. The molecule has 0 radical (unpaired) electrons. The number of methoxy groups -OCH3 is 3. The van der Waals surface area contributed by atoms with Crippen LogP contribution in [0.4, 0.5) is 5.69 Å². The van der Waals surface area contributed by atoms with E-state index in [1.807, 2.05) is 12.1 Å². The summed E-state index contributed by atoms with van der Waals surface area (Å²) in [5.74, 6) is 1.79. The molecule has 2 N–H and O–H groups in total. The first-order valence-electron chi connectivity index (χ1n) is 8.05. The van der Waals surface area contributed by atoms with Gasteiger partial charge in [-0.15, -0.1) is 0 Å². The molecule has 2 aromatic carbocycles. The molecule has 3 rings (SSSR count). The SMILES string of the molecule is COc1ccc(/C=C2\SC(Nc3cc(Cl)ccc3OC)NC2=O)c(OC)c1. The third-order valence-corrected chi connectivity index (χ3v) is 5.17. The van der Waals surface area contributed by atoms with Crippen LogP contribution in [-0.4, -0.2) is 32.7 Å². The molecule has 0 aromatic heterocycles. The first kappa shape index (κ1) is 19.3. The molecule has 1 atom stereocenters. The van der Waals surface area contributed by atoms with Gasteiger partial charge in [0.2, 0.25) is 0 Å². The van der Waals surface area contributed by atoms with Crippen LogP contribution in [-0.2, 0) is 4.79 Å². The number of rotatable bonds is 6. The minimum atomic E-state index is -0.347. The smallest absolute Gasteiger partial charge is 0.260 e. The van der Waals surface area contributed by atoms with Crippen molar-refractivity contribution in [3.8, 4) is 17.2 Å². The molecule has 6 nitrogen and oxygen atoms in total. The summed E-state index contributed by atoms with van der Waals surface area (Å²) in [6.07, 6.45) is 1.79. The van der Waals surface area contributed by atoms with Gasteiger partial charge < -0.3 is 24.8 Å². The van der Waals surface area contributed by atoms with Crippen LogP contribution in [0.15, 0.2) is 41.3 Å². The van der Waals surface area contributed by atoms with E-state index < -0.39 is 0 Å². The highest BCUT2D eigenvalue weighted by Gasteiger charge is 2.28. The molecule has 1 saturated heterocycles. The number of benzene rings is 2. The lowest BCUT2D eigenvalue weighted by molar-refractivity contribution is -0.116. The molecule has 1 fully saturated rings. The summed E-state index contributed by atoms with van der Waals surface area (Å²) in [5, 5.41) is 6.68. The van der Waals surface area contributed by atoms with Gasteiger partial charge in [-0.2, -0.15) is 0 Å². The van der Waals surface area contributed by atoms with E-state index in [1.165, 1.54) is 11.8 Å². The largest absolute Gasteiger partial charge is 0.497 e. The van der Waals surface area contributed by atoms with E-state index in [4.69, 9.17) is 25.8 Å². The average Bonchev–Trinajstić information content (AvgIpc) is 3.01. The Kier molecular flexibility index (Phi) is 6.03. The lowest BCUT2D eigenvalue weighted by atomic mass is 10.1. The highest BCUT2D eigenvalue weighted by molar-refractivity contribution is 8.05. The van der Waals surface area contributed by atoms with E-state index in [2.05, 4.69) is 10.6 Å². The van der Waals surface area contributed by atoms with Gasteiger partial charge in [0, 0.05) is 16.7 Å². The number of hydrogen-bond acceptors (Lipinski definition) is 6. The van der Waals surface area contributed by atoms with Gasteiger partial charge in [0.05, 0.1) is 31.9 Å². The van der Waals surface area contributed by atoms with Gasteiger partial charge in [-0.3, -0.25) is 4.79 Å². The third kappa shape index (κ3) is 4.43. The van der Waals surface area contributed by atoms with Gasteiger partial charge in [-0.05, 0) is 36.4 Å². The fraction of sp³-hybridized carbons (Fsp3) is 0.211. The summed E-state index contributed by atoms with van der Waals surface area (Å²) in [5.41, 5.74) is 1.14. The van der Waals surface area contributed by atoms with Crippen LogP contribution in [0.5, 0.6) is 17.2 Å². The van der Waals surface area contributed by atoms with Crippen molar-refractivity contribution in [1.82, 2.24) is 5.32 Å². The maximum Gasteiger partial charge on any atom is 0.260 e. The van der Waals surface area contributed by atoms with Crippen molar-refractivity contribution in [1.29, 1.82) is 0 Å². The molecule has 1 heterocycles.